The zero-order valence-corrected chi connectivity index (χ0v) is 15.7. The number of nitrogens with zero attached hydrogens (tertiary/aromatic N) is 3. The molecule has 0 saturated carbocycles. The molecule has 0 radical (unpaired) electrons. The molecule has 4 rings (SSSR count). The highest BCUT2D eigenvalue weighted by molar-refractivity contribution is 5.91. The molecule has 7 heteroatoms. The minimum atomic E-state index is -0.422. The number of ether oxygens (including phenoxy) is 1. The van der Waals surface area contributed by atoms with Crippen molar-refractivity contribution in [2.45, 2.75) is 27.0 Å². The van der Waals surface area contributed by atoms with E-state index in [2.05, 4.69) is 9.97 Å². The van der Waals surface area contributed by atoms with E-state index in [0.29, 0.717) is 23.8 Å². The molecule has 0 unspecified atom stereocenters. The van der Waals surface area contributed by atoms with Crippen molar-refractivity contribution < 1.29 is 13.9 Å². The lowest BCUT2D eigenvalue weighted by molar-refractivity contribution is 0.0461. The Balaban J connectivity index is 1.51. The monoisotopic (exact) mass is 376 g/mol. The van der Waals surface area contributed by atoms with Crippen LogP contribution in [0.5, 0.6) is 0 Å². The summed E-state index contributed by atoms with van der Waals surface area (Å²) < 4.78 is 12.9. The summed E-state index contributed by atoms with van der Waals surface area (Å²) in [5.41, 5.74) is 8.98. The van der Waals surface area contributed by atoms with Crippen molar-refractivity contribution in [3.8, 4) is 0 Å². The van der Waals surface area contributed by atoms with E-state index in [0.717, 1.165) is 28.1 Å². The van der Waals surface area contributed by atoms with Gasteiger partial charge in [0, 0.05) is 16.8 Å². The van der Waals surface area contributed by atoms with Crippen LogP contribution < -0.4 is 5.73 Å². The first-order chi connectivity index (χ1) is 13.5. The molecule has 0 bridgehead atoms. The first kappa shape index (κ1) is 17.8. The first-order valence-electron chi connectivity index (χ1n) is 8.90. The number of esters is 1. The summed E-state index contributed by atoms with van der Waals surface area (Å²) in [6.07, 6.45) is 1.63. The van der Waals surface area contributed by atoms with E-state index in [1.807, 2.05) is 60.9 Å². The number of carbonyl (C=O) groups excluding carboxylic acids is 1. The molecule has 0 spiro atoms. The number of nitrogen functional groups attached to an aromatic ring is 1. The van der Waals surface area contributed by atoms with Crippen molar-refractivity contribution in [1.29, 1.82) is 0 Å². The Kier molecular flexibility index (Phi) is 4.57. The molecule has 0 fully saturated rings. The van der Waals surface area contributed by atoms with Crippen molar-refractivity contribution >= 4 is 22.7 Å². The van der Waals surface area contributed by atoms with Gasteiger partial charge in [0.25, 0.3) is 0 Å². The number of furan rings is 1. The van der Waals surface area contributed by atoms with Gasteiger partial charge in [-0.2, -0.15) is 0 Å². The first-order valence-corrected chi connectivity index (χ1v) is 8.90. The third-order valence-electron chi connectivity index (χ3n) is 4.70. The molecule has 28 heavy (non-hydrogen) atoms. The average molecular weight is 376 g/mol. The van der Waals surface area contributed by atoms with Gasteiger partial charge in [-0.15, -0.1) is 0 Å². The minimum absolute atomic E-state index is 0.0459. The molecule has 0 aliphatic carbocycles. The maximum absolute atomic E-state index is 12.6. The van der Waals surface area contributed by atoms with Gasteiger partial charge in [-0.3, -0.25) is 0 Å². The molecule has 2 N–H and O–H groups in total. The van der Waals surface area contributed by atoms with Gasteiger partial charge < -0.3 is 19.5 Å². The zero-order chi connectivity index (χ0) is 19.7. The largest absolute Gasteiger partial charge is 0.467 e. The standard InChI is InChI=1S/C21H20N4O3/c1-13-10-17(14(2)25(13)11-15-6-5-9-27-15)21(26)28-12-19-23-18-8-4-3-7-16(18)20(22)24-19/h3-10H,11-12H2,1-2H3,(H2,22,23,24). The molecule has 3 aromatic heterocycles. The van der Waals surface area contributed by atoms with Gasteiger partial charge in [-0.05, 0) is 44.2 Å². The van der Waals surface area contributed by atoms with E-state index in [1.165, 1.54) is 0 Å². The Bertz CT molecular complexity index is 1150. The summed E-state index contributed by atoms with van der Waals surface area (Å²) in [6, 6.07) is 13.0. The number of hydrogen-bond donors (Lipinski definition) is 1. The summed E-state index contributed by atoms with van der Waals surface area (Å²) in [6.45, 7) is 4.34. The molecule has 0 atom stereocenters. The van der Waals surface area contributed by atoms with Gasteiger partial charge in [0.15, 0.2) is 12.4 Å². The smallest absolute Gasteiger partial charge is 0.340 e. The summed E-state index contributed by atoms with van der Waals surface area (Å²) in [7, 11) is 0. The van der Waals surface area contributed by atoms with Gasteiger partial charge in [-0.25, -0.2) is 14.8 Å². The summed E-state index contributed by atoms with van der Waals surface area (Å²) >= 11 is 0. The van der Waals surface area contributed by atoms with Crippen molar-refractivity contribution in [3.63, 3.8) is 0 Å². The lowest BCUT2D eigenvalue weighted by Crippen LogP contribution is -2.10. The van der Waals surface area contributed by atoms with E-state index in [-0.39, 0.29) is 6.61 Å². The maximum atomic E-state index is 12.6. The Morgan fingerprint density at radius 1 is 1.18 bits per heavy atom. The van der Waals surface area contributed by atoms with E-state index < -0.39 is 5.97 Å². The molecule has 4 aromatic rings. The predicted molar refractivity (Wildman–Crippen MR) is 105 cm³/mol. The van der Waals surface area contributed by atoms with Crippen molar-refractivity contribution in [1.82, 2.24) is 14.5 Å². The molecular weight excluding hydrogens is 356 g/mol. The number of nitrogens with two attached hydrogens (primary N) is 1. The lowest BCUT2D eigenvalue weighted by Gasteiger charge is -2.08. The van der Waals surface area contributed by atoms with Crippen LogP contribution in [0, 0.1) is 13.8 Å². The molecule has 142 valence electrons. The van der Waals surface area contributed by atoms with Crippen molar-refractivity contribution in [3.05, 3.63) is 77.3 Å². The molecule has 0 amide bonds. The van der Waals surface area contributed by atoms with Gasteiger partial charge in [0.1, 0.15) is 11.6 Å². The highest BCUT2D eigenvalue weighted by atomic mass is 16.5. The summed E-state index contributed by atoms with van der Waals surface area (Å²) in [5, 5.41) is 0.777. The molecule has 0 saturated heterocycles. The van der Waals surface area contributed by atoms with E-state index >= 15 is 0 Å². The number of fused-ring (bicyclic) bond motifs is 1. The number of anilines is 1. The van der Waals surface area contributed by atoms with Crippen LogP contribution in [-0.4, -0.2) is 20.5 Å². The lowest BCUT2D eigenvalue weighted by atomic mass is 10.2. The van der Waals surface area contributed by atoms with Crippen LogP contribution in [0.15, 0.2) is 53.1 Å². The third kappa shape index (κ3) is 3.34. The number of benzene rings is 1. The second-order valence-electron chi connectivity index (χ2n) is 6.57. The molecule has 0 aliphatic heterocycles. The second-order valence-corrected chi connectivity index (χ2v) is 6.57. The van der Waals surface area contributed by atoms with E-state index in [1.54, 1.807) is 6.26 Å². The second kappa shape index (κ2) is 7.19. The third-order valence-corrected chi connectivity index (χ3v) is 4.70. The number of para-hydroxylation sites is 1. The Morgan fingerprint density at radius 3 is 2.79 bits per heavy atom. The Labute approximate surface area is 161 Å². The highest BCUT2D eigenvalue weighted by Crippen LogP contribution is 2.20. The van der Waals surface area contributed by atoms with Crippen molar-refractivity contribution in [2.24, 2.45) is 0 Å². The van der Waals surface area contributed by atoms with E-state index in [9.17, 15) is 4.79 Å². The SMILES string of the molecule is Cc1cc(C(=O)OCc2nc(N)c3ccccc3n2)c(C)n1Cc1ccco1. The number of hydrogen-bond acceptors (Lipinski definition) is 6. The summed E-state index contributed by atoms with van der Waals surface area (Å²) in [5.74, 6) is 1.14. The zero-order valence-electron chi connectivity index (χ0n) is 15.7. The fraction of sp³-hybridized carbons (Fsp3) is 0.190. The van der Waals surface area contributed by atoms with Crippen LogP contribution in [-0.2, 0) is 17.9 Å². The molecule has 7 nitrogen and oxygen atoms in total. The Hall–Kier alpha value is -3.61. The fourth-order valence-electron chi connectivity index (χ4n) is 3.23. The molecule has 1 aromatic carbocycles. The number of aryl methyl sites for hydroxylation is 1. The average Bonchev–Trinajstić information content (AvgIpc) is 3.30. The van der Waals surface area contributed by atoms with Crippen LogP contribution >= 0.6 is 0 Å². The van der Waals surface area contributed by atoms with Gasteiger partial charge >= 0.3 is 5.97 Å². The Morgan fingerprint density at radius 2 is 2.00 bits per heavy atom. The highest BCUT2D eigenvalue weighted by Gasteiger charge is 2.18. The summed E-state index contributed by atoms with van der Waals surface area (Å²) in [4.78, 5) is 21.3. The van der Waals surface area contributed by atoms with Gasteiger partial charge in [-0.1, -0.05) is 12.1 Å². The van der Waals surface area contributed by atoms with Gasteiger partial charge in [0.05, 0.1) is 23.9 Å². The molecular formula is C21H20N4O3. The molecule has 0 aliphatic rings. The van der Waals surface area contributed by atoms with Crippen LogP contribution in [0.1, 0.15) is 33.3 Å². The topological polar surface area (TPSA) is 96.2 Å². The number of aromatic nitrogens is 3. The van der Waals surface area contributed by atoms with E-state index in [4.69, 9.17) is 14.9 Å². The minimum Gasteiger partial charge on any atom is -0.467 e. The predicted octanol–water partition coefficient (Wildman–Crippen LogP) is 3.63. The van der Waals surface area contributed by atoms with Crippen LogP contribution in [0.4, 0.5) is 5.82 Å². The van der Waals surface area contributed by atoms with Gasteiger partial charge in [0.2, 0.25) is 0 Å². The normalized spacial score (nSPS) is 11.1. The van der Waals surface area contributed by atoms with Crippen molar-refractivity contribution in [2.75, 3.05) is 5.73 Å². The molecule has 3 heterocycles. The number of carbonyl (C=O) groups is 1. The quantitative estimate of drug-likeness (QED) is 0.534. The number of rotatable bonds is 5. The van der Waals surface area contributed by atoms with Crippen LogP contribution in [0.2, 0.25) is 0 Å². The van der Waals surface area contributed by atoms with Crippen LogP contribution in [0.3, 0.4) is 0 Å². The maximum Gasteiger partial charge on any atom is 0.340 e. The van der Waals surface area contributed by atoms with Crippen LogP contribution in [0.25, 0.3) is 10.9 Å². The fourth-order valence-corrected chi connectivity index (χ4v) is 3.23.